The number of hydrogen-bond donors (Lipinski definition) is 1. The third-order valence-electron chi connectivity index (χ3n) is 3.74. The van der Waals surface area contributed by atoms with Gasteiger partial charge in [-0.3, -0.25) is 0 Å². The Bertz CT molecular complexity index is 883. The van der Waals surface area contributed by atoms with Crippen LogP contribution in [0.15, 0.2) is 48.5 Å². The Labute approximate surface area is 139 Å². The lowest BCUT2D eigenvalue weighted by Crippen LogP contribution is -2.04. The molecule has 4 nitrogen and oxygen atoms in total. The Morgan fingerprint density at radius 1 is 1.09 bits per heavy atom. The number of aromatic carboxylic acids is 1. The summed E-state index contributed by atoms with van der Waals surface area (Å²) in [6.07, 6.45) is 0. The fourth-order valence-corrected chi connectivity index (χ4v) is 2.76. The molecule has 1 aromatic heterocycles. The smallest absolute Gasteiger partial charge is 0.339 e. The highest BCUT2D eigenvalue weighted by Crippen LogP contribution is 2.31. The van der Waals surface area contributed by atoms with Crippen molar-refractivity contribution in [3.05, 3.63) is 70.4 Å². The summed E-state index contributed by atoms with van der Waals surface area (Å²) in [5, 5.41) is 14.7. The van der Waals surface area contributed by atoms with Crippen molar-refractivity contribution in [2.24, 2.45) is 0 Å². The normalized spacial score (nSPS) is 10.7. The van der Waals surface area contributed by atoms with E-state index in [1.165, 1.54) is 0 Å². The molecule has 0 saturated carbocycles. The first-order valence-corrected chi connectivity index (χ1v) is 7.51. The van der Waals surface area contributed by atoms with Crippen LogP contribution >= 0.6 is 11.6 Å². The Balaban J connectivity index is 2.33. The standard InChI is InChI=1S/C18H15ClN2O2/c1-11-5-3-4-6-15(11)21-17(13-7-9-14(19)10-8-13)16(18(22)23)12(2)20-21/h3-10H,1-2H3,(H,22,23). The second kappa shape index (κ2) is 5.89. The fraction of sp³-hybridized carbons (Fsp3) is 0.111. The van der Waals surface area contributed by atoms with E-state index in [9.17, 15) is 9.90 Å². The largest absolute Gasteiger partial charge is 0.478 e. The van der Waals surface area contributed by atoms with Crippen molar-refractivity contribution < 1.29 is 9.90 Å². The third-order valence-corrected chi connectivity index (χ3v) is 3.99. The van der Waals surface area contributed by atoms with Gasteiger partial charge in [-0.25, -0.2) is 9.48 Å². The first kappa shape index (κ1) is 15.3. The summed E-state index contributed by atoms with van der Waals surface area (Å²) in [6, 6.07) is 14.8. The van der Waals surface area contributed by atoms with Gasteiger partial charge in [0.15, 0.2) is 0 Å². The maximum absolute atomic E-state index is 11.7. The van der Waals surface area contributed by atoms with Crippen molar-refractivity contribution in [2.75, 3.05) is 0 Å². The zero-order chi connectivity index (χ0) is 16.6. The molecule has 0 spiro atoms. The number of para-hydroxylation sites is 1. The molecule has 0 amide bonds. The van der Waals surface area contributed by atoms with Crippen molar-refractivity contribution in [1.29, 1.82) is 0 Å². The Hall–Kier alpha value is -2.59. The zero-order valence-electron chi connectivity index (χ0n) is 12.7. The molecule has 0 saturated heterocycles. The van der Waals surface area contributed by atoms with E-state index >= 15 is 0 Å². The number of benzene rings is 2. The van der Waals surface area contributed by atoms with Gasteiger partial charge in [0.2, 0.25) is 0 Å². The van der Waals surface area contributed by atoms with Crippen LogP contribution in [0.3, 0.4) is 0 Å². The monoisotopic (exact) mass is 326 g/mol. The van der Waals surface area contributed by atoms with Crippen LogP contribution in [0.2, 0.25) is 5.02 Å². The number of halogens is 1. The number of nitrogens with zero attached hydrogens (tertiary/aromatic N) is 2. The van der Waals surface area contributed by atoms with Gasteiger partial charge < -0.3 is 5.11 Å². The lowest BCUT2D eigenvalue weighted by molar-refractivity contribution is 0.0697. The molecule has 23 heavy (non-hydrogen) atoms. The van der Waals surface area contributed by atoms with Gasteiger partial charge in [0, 0.05) is 10.6 Å². The minimum Gasteiger partial charge on any atom is -0.478 e. The number of carbonyl (C=O) groups is 1. The minimum absolute atomic E-state index is 0.204. The van der Waals surface area contributed by atoms with E-state index in [-0.39, 0.29) is 5.56 Å². The molecular formula is C18H15ClN2O2. The summed E-state index contributed by atoms with van der Waals surface area (Å²) >= 11 is 5.95. The highest BCUT2D eigenvalue weighted by molar-refractivity contribution is 6.30. The first-order valence-electron chi connectivity index (χ1n) is 7.14. The van der Waals surface area contributed by atoms with E-state index in [0.717, 1.165) is 16.8 Å². The molecule has 0 aliphatic rings. The van der Waals surface area contributed by atoms with Crippen LogP contribution in [-0.4, -0.2) is 20.9 Å². The summed E-state index contributed by atoms with van der Waals surface area (Å²) < 4.78 is 1.69. The number of aryl methyl sites for hydroxylation is 2. The summed E-state index contributed by atoms with van der Waals surface area (Å²) in [7, 11) is 0. The average molecular weight is 327 g/mol. The van der Waals surface area contributed by atoms with E-state index in [2.05, 4.69) is 5.10 Å². The van der Waals surface area contributed by atoms with Crippen LogP contribution in [0.4, 0.5) is 0 Å². The number of hydrogen-bond acceptors (Lipinski definition) is 2. The van der Waals surface area contributed by atoms with Crippen molar-refractivity contribution in [3.63, 3.8) is 0 Å². The van der Waals surface area contributed by atoms with E-state index in [0.29, 0.717) is 16.4 Å². The predicted octanol–water partition coefficient (Wildman–Crippen LogP) is 4.51. The molecule has 1 N–H and O–H groups in total. The molecule has 0 aliphatic heterocycles. The molecule has 0 unspecified atom stereocenters. The minimum atomic E-state index is -0.993. The molecular weight excluding hydrogens is 312 g/mol. The number of aromatic nitrogens is 2. The molecule has 0 bridgehead atoms. The van der Waals surface area contributed by atoms with Gasteiger partial charge in [0.05, 0.1) is 17.1 Å². The van der Waals surface area contributed by atoms with Crippen molar-refractivity contribution >= 4 is 17.6 Å². The molecule has 0 fully saturated rings. The molecule has 5 heteroatoms. The molecule has 2 aromatic carbocycles. The highest BCUT2D eigenvalue weighted by Gasteiger charge is 2.23. The maximum Gasteiger partial charge on any atom is 0.339 e. The summed E-state index contributed by atoms with van der Waals surface area (Å²) in [5.41, 5.74) is 3.87. The molecule has 0 radical (unpaired) electrons. The topological polar surface area (TPSA) is 55.1 Å². The molecule has 116 valence electrons. The van der Waals surface area contributed by atoms with Crippen LogP contribution in [0, 0.1) is 13.8 Å². The van der Waals surface area contributed by atoms with Gasteiger partial charge in [0.1, 0.15) is 5.56 Å². The summed E-state index contributed by atoms with van der Waals surface area (Å²) in [5.74, 6) is -0.993. The van der Waals surface area contributed by atoms with Crippen LogP contribution < -0.4 is 0 Å². The number of carboxylic acid groups (broad SMARTS) is 1. The quantitative estimate of drug-likeness (QED) is 0.770. The van der Waals surface area contributed by atoms with Gasteiger partial charge in [-0.2, -0.15) is 5.10 Å². The van der Waals surface area contributed by atoms with E-state index in [1.807, 2.05) is 31.2 Å². The van der Waals surface area contributed by atoms with Crippen LogP contribution in [0.25, 0.3) is 16.9 Å². The summed E-state index contributed by atoms with van der Waals surface area (Å²) in [4.78, 5) is 11.7. The van der Waals surface area contributed by atoms with Crippen molar-refractivity contribution in [1.82, 2.24) is 9.78 Å². The van der Waals surface area contributed by atoms with Crippen molar-refractivity contribution in [2.45, 2.75) is 13.8 Å². The average Bonchev–Trinajstić information content (AvgIpc) is 2.86. The fourth-order valence-electron chi connectivity index (χ4n) is 2.63. The summed E-state index contributed by atoms with van der Waals surface area (Å²) in [6.45, 7) is 3.68. The van der Waals surface area contributed by atoms with Gasteiger partial charge in [-0.05, 0) is 37.6 Å². The third kappa shape index (κ3) is 2.73. The first-order chi connectivity index (χ1) is 11.0. The zero-order valence-corrected chi connectivity index (χ0v) is 13.5. The molecule has 3 aromatic rings. The van der Waals surface area contributed by atoms with Gasteiger partial charge >= 0.3 is 5.97 Å². The Morgan fingerprint density at radius 2 is 1.74 bits per heavy atom. The molecule has 3 rings (SSSR count). The molecule has 0 aliphatic carbocycles. The van der Waals surface area contributed by atoms with Crippen LogP contribution in [-0.2, 0) is 0 Å². The Morgan fingerprint density at radius 3 is 2.35 bits per heavy atom. The molecule has 1 heterocycles. The van der Waals surface area contributed by atoms with Gasteiger partial charge in [-0.1, -0.05) is 41.9 Å². The van der Waals surface area contributed by atoms with Crippen LogP contribution in [0.1, 0.15) is 21.6 Å². The maximum atomic E-state index is 11.7. The second-order valence-electron chi connectivity index (χ2n) is 5.32. The van der Waals surface area contributed by atoms with Crippen molar-refractivity contribution in [3.8, 4) is 16.9 Å². The lowest BCUT2D eigenvalue weighted by atomic mass is 10.1. The van der Waals surface area contributed by atoms with Gasteiger partial charge in [0.25, 0.3) is 0 Å². The predicted molar refractivity (Wildman–Crippen MR) is 90.4 cm³/mol. The highest BCUT2D eigenvalue weighted by atomic mass is 35.5. The van der Waals surface area contributed by atoms with E-state index in [4.69, 9.17) is 11.6 Å². The molecule has 0 atom stereocenters. The van der Waals surface area contributed by atoms with Crippen LogP contribution in [0.5, 0.6) is 0 Å². The SMILES string of the molecule is Cc1ccccc1-n1nc(C)c(C(=O)O)c1-c1ccc(Cl)cc1. The van der Waals surface area contributed by atoms with E-state index in [1.54, 1.807) is 35.9 Å². The number of rotatable bonds is 3. The van der Waals surface area contributed by atoms with Gasteiger partial charge in [-0.15, -0.1) is 0 Å². The Kier molecular flexibility index (Phi) is 3.92. The number of carboxylic acids is 1. The second-order valence-corrected chi connectivity index (χ2v) is 5.76. The lowest BCUT2D eigenvalue weighted by Gasteiger charge is -2.11. The van der Waals surface area contributed by atoms with E-state index < -0.39 is 5.97 Å².